The number of benzene rings is 1. The van der Waals surface area contributed by atoms with Gasteiger partial charge in [0.25, 0.3) is 5.91 Å². The Hall–Kier alpha value is -3.53. The fourth-order valence-corrected chi connectivity index (χ4v) is 5.78. The Morgan fingerprint density at radius 2 is 1.97 bits per heavy atom. The first-order valence-corrected chi connectivity index (χ1v) is 11.7. The standard InChI is InChI=1S/C24H27FN8O/c25-16-2-3-17-15(12-16)13-24(21(17)26)5-10-31(11-6-24)18-14-28-20(22(27)30-18)23(34)32-8-1-9-33-19(32)4-7-29-33/h2-4,7,12,14,21H,1,5-6,8-11,13,26H2,(H2,27,30)/t21-/m1/s1. The fourth-order valence-electron chi connectivity index (χ4n) is 5.78. The highest BCUT2D eigenvalue weighted by Crippen LogP contribution is 2.51. The number of amides is 1. The highest BCUT2D eigenvalue weighted by molar-refractivity contribution is 6.07. The number of piperidine rings is 1. The van der Waals surface area contributed by atoms with Crippen LogP contribution in [-0.4, -0.2) is 45.3 Å². The van der Waals surface area contributed by atoms with E-state index < -0.39 is 0 Å². The van der Waals surface area contributed by atoms with Crippen molar-refractivity contribution in [2.75, 3.05) is 35.2 Å². The first-order valence-electron chi connectivity index (χ1n) is 11.7. The van der Waals surface area contributed by atoms with Crippen LogP contribution in [0.15, 0.2) is 36.7 Å². The second kappa shape index (κ2) is 7.76. The number of hydrogen-bond acceptors (Lipinski definition) is 7. The molecule has 1 amide bonds. The minimum atomic E-state index is -0.266. The lowest BCUT2D eigenvalue weighted by Gasteiger charge is -2.42. The number of nitrogen functional groups attached to an aromatic ring is 1. The summed E-state index contributed by atoms with van der Waals surface area (Å²) in [5.74, 6) is 1.05. The molecule has 2 aliphatic heterocycles. The number of halogens is 1. The first-order chi connectivity index (χ1) is 16.4. The van der Waals surface area contributed by atoms with Crippen LogP contribution in [0.25, 0.3) is 0 Å². The third-order valence-corrected chi connectivity index (χ3v) is 7.68. The van der Waals surface area contributed by atoms with Gasteiger partial charge in [-0.3, -0.25) is 9.69 Å². The van der Waals surface area contributed by atoms with Crippen molar-refractivity contribution in [3.63, 3.8) is 0 Å². The quantitative estimate of drug-likeness (QED) is 0.600. The molecule has 0 bridgehead atoms. The van der Waals surface area contributed by atoms with Crippen molar-refractivity contribution in [3.05, 3.63) is 59.3 Å². The van der Waals surface area contributed by atoms with E-state index in [9.17, 15) is 9.18 Å². The van der Waals surface area contributed by atoms with E-state index in [0.29, 0.717) is 12.4 Å². The molecule has 3 aliphatic rings. The lowest BCUT2D eigenvalue weighted by Crippen LogP contribution is -2.44. The predicted octanol–water partition coefficient (Wildman–Crippen LogP) is 2.29. The third-order valence-electron chi connectivity index (χ3n) is 7.68. The molecule has 176 valence electrons. The lowest BCUT2D eigenvalue weighted by atomic mass is 9.73. The Kier molecular flexibility index (Phi) is 4.80. The predicted molar refractivity (Wildman–Crippen MR) is 126 cm³/mol. The normalized spacial score (nSPS) is 20.9. The van der Waals surface area contributed by atoms with Crippen molar-refractivity contribution < 1.29 is 9.18 Å². The van der Waals surface area contributed by atoms with Crippen LogP contribution in [0.2, 0.25) is 0 Å². The van der Waals surface area contributed by atoms with Gasteiger partial charge in [0.05, 0.1) is 12.4 Å². The van der Waals surface area contributed by atoms with Crippen LogP contribution in [0.4, 0.5) is 21.8 Å². The molecule has 4 heterocycles. The topological polar surface area (TPSA) is 119 Å². The molecule has 1 aromatic carbocycles. The zero-order valence-corrected chi connectivity index (χ0v) is 18.8. The Balaban J connectivity index is 1.17. The Bertz CT molecular complexity index is 1270. The van der Waals surface area contributed by atoms with Gasteiger partial charge < -0.3 is 16.4 Å². The largest absolute Gasteiger partial charge is 0.382 e. The summed E-state index contributed by atoms with van der Waals surface area (Å²) in [6.45, 7) is 2.87. The van der Waals surface area contributed by atoms with Gasteiger partial charge in [-0.2, -0.15) is 5.10 Å². The maximum absolute atomic E-state index is 13.7. The number of nitrogens with two attached hydrogens (primary N) is 2. The van der Waals surface area contributed by atoms with E-state index in [1.807, 2.05) is 16.8 Å². The molecular formula is C24H27FN8O. The average Bonchev–Trinajstić information content (AvgIpc) is 3.42. The lowest BCUT2D eigenvalue weighted by molar-refractivity contribution is 0.0977. The van der Waals surface area contributed by atoms with E-state index >= 15 is 0 Å². The van der Waals surface area contributed by atoms with Crippen LogP contribution < -0.4 is 21.3 Å². The van der Waals surface area contributed by atoms with Crippen LogP contribution >= 0.6 is 0 Å². The van der Waals surface area contributed by atoms with Gasteiger partial charge in [-0.15, -0.1) is 0 Å². The van der Waals surface area contributed by atoms with Gasteiger partial charge >= 0.3 is 0 Å². The second-order valence-corrected chi connectivity index (χ2v) is 9.53. The zero-order chi connectivity index (χ0) is 23.4. The van der Waals surface area contributed by atoms with Gasteiger partial charge in [-0.25, -0.2) is 19.0 Å². The molecule has 4 N–H and O–H groups in total. The summed E-state index contributed by atoms with van der Waals surface area (Å²) in [6, 6.07) is 6.66. The van der Waals surface area contributed by atoms with E-state index in [1.165, 1.54) is 6.07 Å². The maximum atomic E-state index is 13.7. The minimum Gasteiger partial charge on any atom is -0.382 e. The van der Waals surface area contributed by atoms with Crippen molar-refractivity contribution in [1.29, 1.82) is 0 Å². The van der Waals surface area contributed by atoms with E-state index in [-0.39, 0.29) is 34.7 Å². The molecule has 1 fully saturated rings. The van der Waals surface area contributed by atoms with Gasteiger partial charge in [-0.05, 0) is 54.4 Å². The molecule has 10 heteroatoms. The van der Waals surface area contributed by atoms with Gasteiger partial charge in [0.2, 0.25) is 0 Å². The summed E-state index contributed by atoms with van der Waals surface area (Å²) in [4.78, 5) is 25.9. The molecule has 0 radical (unpaired) electrons. The minimum absolute atomic E-state index is 0.0707. The summed E-state index contributed by atoms with van der Waals surface area (Å²) in [7, 11) is 0. The molecule has 1 spiro atoms. The van der Waals surface area contributed by atoms with Crippen molar-refractivity contribution in [2.45, 2.75) is 38.3 Å². The number of carbonyl (C=O) groups is 1. The Labute approximate surface area is 196 Å². The zero-order valence-electron chi connectivity index (χ0n) is 18.8. The van der Waals surface area contributed by atoms with Crippen LogP contribution in [0.3, 0.4) is 0 Å². The van der Waals surface area contributed by atoms with Gasteiger partial charge in [0.15, 0.2) is 11.5 Å². The average molecular weight is 463 g/mol. The molecule has 1 aliphatic carbocycles. The molecule has 0 unspecified atom stereocenters. The molecule has 2 aromatic heterocycles. The summed E-state index contributed by atoms with van der Waals surface area (Å²) < 4.78 is 15.5. The molecule has 6 rings (SSSR count). The second-order valence-electron chi connectivity index (χ2n) is 9.53. The molecular weight excluding hydrogens is 435 g/mol. The number of aryl methyl sites for hydroxylation is 1. The van der Waals surface area contributed by atoms with E-state index in [2.05, 4.69) is 20.0 Å². The number of rotatable bonds is 2. The van der Waals surface area contributed by atoms with Gasteiger partial charge in [-0.1, -0.05) is 6.07 Å². The molecule has 1 atom stereocenters. The number of fused-ring (bicyclic) bond motifs is 2. The smallest absolute Gasteiger partial charge is 0.281 e. The number of hydrogen-bond donors (Lipinski definition) is 2. The molecule has 34 heavy (non-hydrogen) atoms. The van der Waals surface area contributed by atoms with E-state index in [4.69, 9.17) is 11.5 Å². The van der Waals surface area contributed by atoms with Gasteiger partial charge in [0.1, 0.15) is 17.5 Å². The third kappa shape index (κ3) is 3.24. The maximum Gasteiger partial charge on any atom is 0.281 e. The highest BCUT2D eigenvalue weighted by Gasteiger charge is 2.46. The summed E-state index contributed by atoms with van der Waals surface area (Å²) >= 11 is 0. The van der Waals surface area contributed by atoms with Crippen LogP contribution in [0.1, 0.15) is 46.9 Å². The monoisotopic (exact) mass is 462 g/mol. The Morgan fingerprint density at radius 3 is 2.76 bits per heavy atom. The summed E-state index contributed by atoms with van der Waals surface area (Å²) in [6.07, 6.45) is 6.66. The van der Waals surface area contributed by atoms with Crippen molar-refractivity contribution in [2.24, 2.45) is 11.1 Å². The van der Waals surface area contributed by atoms with Crippen molar-refractivity contribution >= 4 is 23.4 Å². The number of anilines is 3. The summed E-state index contributed by atoms with van der Waals surface area (Å²) in [5.41, 5.74) is 15.0. The van der Waals surface area contributed by atoms with Crippen molar-refractivity contribution in [1.82, 2.24) is 19.7 Å². The number of aromatic nitrogens is 4. The summed E-state index contributed by atoms with van der Waals surface area (Å²) in [5, 5.41) is 4.26. The van der Waals surface area contributed by atoms with Crippen LogP contribution in [0, 0.1) is 11.2 Å². The number of carbonyl (C=O) groups excluding carboxylic acids is 1. The van der Waals surface area contributed by atoms with Crippen LogP contribution in [0.5, 0.6) is 0 Å². The van der Waals surface area contributed by atoms with E-state index in [0.717, 1.165) is 62.3 Å². The van der Waals surface area contributed by atoms with Gasteiger partial charge in [0, 0.05) is 38.3 Å². The van der Waals surface area contributed by atoms with Crippen molar-refractivity contribution in [3.8, 4) is 0 Å². The Morgan fingerprint density at radius 1 is 1.15 bits per heavy atom. The molecule has 1 saturated heterocycles. The fraction of sp³-hybridized carbons (Fsp3) is 0.417. The number of nitrogens with zero attached hydrogens (tertiary/aromatic N) is 6. The molecule has 0 saturated carbocycles. The SMILES string of the molecule is Nc1nc(N2CCC3(CC2)Cc2cc(F)ccc2[C@H]3N)cnc1C(=O)N1CCCn2nccc21. The first kappa shape index (κ1) is 21.0. The van der Waals surface area contributed by atoms with Crippen LogP contribution in [-0.2, 0) is 13.0 Å². The highest BCUT2D eigenvalue weighted by atomic mass is 19.1. The van der Waals surface area contributed by atoms with E-state index in [1.54, 1.807) is 23.4 Å². The molecule has 3 aromatic rings. The molecule has 9 nitrogen and oxygen atoms in total.